The topological polar surface area (TPSA) is 0 Å². The van der Waals surface area contributed by atoms with E-state index < -0.39 is 0 Å². The van der Waals surface area contributed by atoms with Gasteiger partial charge in [-0.15, -0.1) is 0 Å². The molecular weight excluding hydrogens is 122 g/mol. The highest BCUT2D eigenvalue weighted by Gasteiger charge is 2.36. The SMILES string of the molecule is C/C=C\C[N+](C)(C)C1CC1. The van der Waals surface area contributed by atoms with Crippen molar-refractivity contribution in [1.82, 2.24) is 0 Å². The summed E-state index contributed by atoms with van der Waals surface area (Å²) in [6, 6.07) is 0.955. The van der Waals surface area contributed by atoms with Crippen molar-refractivity contribution >= 4 is 0 Å². The number of allylic oxidation sites excluding steroid dienone is 1. The fourth-order valence-corrected chi connectivity index (χ4v) is 1.30. The maximum absolute atomic E-state index is 2.32. The number of hydrogen-bond acceptors (Lipinski definition) is 0. The first kappa shape index (κ1) is 7.80. The zero-order chi connectivity index (χ0) is 7.61. The molecule has 0 N–H and O–H groups in total. The lowest BCUT2D eigenvalue weighted by Crippen LogP contribution is -2.41. The second-order valence-corrected chi connectivity index (χ2v) is 3.76. The van der Waals surface area contributed by atoms with Gasteiger partial charge in [-0.1, -0.05) is 6.08 Å². The summed E-state index contributed by atoms with van der Waals surface area (Å²) in [5.74, 6) is 0. The quantitative estimate of drug-likeness (QED) is 0.414. The van der Waals surface area contributed by atoms with Gasteiger partial charge in [-0.2, -0.15) is 0 Å². The molecule has 0 unspecified atom stereocenters. The van der Waals surface area contributed by atoms with Crippen LogP contribution < -0.4 is 0 Å². The summed E-state index contributed by atoms with van der Waals surface area (Å²) in [4.78, 5) is 0. The fraction of sp³-hybridized carbons (Fsp3) is 0.778. The Kier molecular flexibility index (Phi) is 2.14. The molecule has 0 saturated heterocycles. The highest BCUT2D eigenvalue weighted by molar-refractivity contribution is 4.80. The fourth-order valence-electron chi connectivity index (χ4n) is 1.30. The van der Waals surface area contributed by atoms with Crippen LogP contribution in [0.2, 0.25) is 0 Å². The third-order valence-electron chi connectivity index (χ3n) is 2.35. The van der Waals surface area contributed by atoms with Crippen molar-refractivity contribution in [2.75, 3.05) is 20.6 Å². The van der Waals surface area contributed by atoms with Gasteiger partial charge in [0.2, 0.25) is 0 Å². The third-order valence-corrected chi connectivity index (χ3v) is 2.35. The van der Waals surface area contributed by atoms with E-state index in [1.54, 1.807) is 0 Å². The molecule has 0 spiro atoms. The molecule has 0 radical (unpaired) electrons. The van der Waals surface area contributed by atoms with Crippen LogP contribution in [0, 0.1) is 0 Å². The van der Waals surface area contributed by atoms with Gasteiger partial charge in [0.15, 0.2) is 0 Å². The molecule has 0 aromatic carbocycles. The van der Waals surface area contributed by atoms with Crippen molar-refractivity contribution in [3.63, 3.8) is 0 Å². The van der Waals surface area contributed by atoms with Crippen molar-refractivity contribution in [1.29, 1.82) is 0 Å². The minimum absolute atomic E-state index is 0.955. The Bertz CT molecular complexity index is 132. The van der Waals surface area contributed by atoms with Gasteiger partial charge in [0, 0.05) is 12.8 Å². The Morgan fingerprint density at radius 1 is 1.40 bits per heavy atom. The number of quaternary nitrogens is 1. The van der Waals surface area contributed by atoms with Crippen LogP contribution in [0.5, 0.6) is 0 Å². The minimum atomic E-state index is 0.955. The van der Waals surface area contributed by atoms with Crippen molar-refractivity contribution in [3.05, 3.63) is 12.2 Å². The second kappa shape index (κ2) is 2.75. The summed E-state index contributed by atoms with van der Waals surface area (Å²) < 4.78 is 1.18. The maximum Gasteiger partial charge on any atom is 0.0971 e. The molecule has 0 heterocycles. The molecule has 1 fully saturated rings. The van der Waals surface area contributed by atoms with Crippen LogP contribution in [0.1, 0.15) is 19.8 Å². The lowest BCUT2D eigenvalue weighted by Gasteiger charge is -2.28. The molecule has 0 aromatic heterocycles. The Morgan fingerprint density at radius 3 is 2.40 bits per heavy atom. The lowest BCUT2D eigenvalue weighted by atomic mass is 10.4. The molecule has 1 aliphatic rings. The van der Waals surface area contributed by atoms with E-state index in [0.717, 1.165) is 6.04 Å². The predicted molar refractivity (Wildman–Crippen MR) is 44.8 cm³/mol. The normalized spacial score (nSPS) is 20.3. The Labute approximate surface area is 63.9 Å². The van der Waals surface area contributed by atoms with E-state index >= 15 is 0 Å². The largest absolute Gasteiger partial charge is 0.323 e. The van der Waals surface area contributed by atoms with Crippen molar-refractivity contribution in [3.8, 4) is 0 Å². The second-order valence-electron chi connectivity index (χ2n) is 3.76. The van der Waals surface area contributed by atoms with Gasteiger partial charge >= 0.3 is 0 Å². The third kappa shape index (κ3) is 1.84. The van der Waals surface area contributed by atoms with E-state index in [0.29, 0.717) is 0 Å². The first-order valence-corrected chi connectivity index (χ1v) is 4.10. The van der Waals surface area contributed by atoms with E-state index in [-0.39, 0.29) is 0 Å². The summed E-state index contributed by atoms with van der Waals surface area (Å²) >= 11 is 0. The lowest BCUT2D eigenvalue weighted by molar-refractivity contribution is -0.895. The van der Waals surface area contributed by atoms with E-state index in [2.05, 4.69) is 33.2 Å². The number of hydrogen-bond donors (Lipinski definition) is 0. The molecule has 0 amide bonds. The number of likely N-dealkylation sites (N-methyl/N-ethyl adjacent to an activating group) is 1. The molecular formula is C9H18N+. The zero-order valence-corrected chi connectivity index (χ0v) is 7.30. The van der Waals surface area contributed by atoms with Gasteiger partial charge in [0.25, 0.3) is 0 Å². The van der Waals surface area contributed by atoms with Crippen molar-refractivity contribution in [2.24, 2.45) is 0 Å². The van der Waals surface area contributed by atoms with E-state index in [1.807, 2.05) is 0 Å². The molecule has 1 rings (SSSR count). The highest BCUT2D eigenvalue weighted by atomic mass is 15.3. The van der Waals surface area contributed by atoms with Crippen LogP contribution >= 0.6 is 0 Å². The Morgan fingerprint density at radius 2 is 2.00 bits per heavy atom. The summed E-state index contributed by atoms with van der Waals surface area (Å²) in [7, 11) is 4.63. The molecule has 10 heavy (non-hydrogen) atoms. The van der Waals surface area contributed by atoms with Gasteiger partial charge in [0.05, 0.1) is 26.7 Å². The first-order chi connectivity index (χ1) is 4.67. The van der Waals surface area contributed by atoms with Gasteiger partial charge in [-0.25, -0.2) is 0 Å². The Balaban J connectivity index is 2.34. The maximum atomic E-state index is 2.32. The average molecular weight is 140 g/mol. The monoisotopic (exact) mass is 140 g/mol. The van der Waals surface area contributed by atoms with Crippen LogP contribution in [-0.4, -0.2) is 31.2 Å². The summed E-state index contributed by atoms with van der Waals surface area (Å²) in [5, 5.41) is 0. The summed E-state index contributed by atoms with van der Waals surface area (Å²) in [6.07, 6.45) is 7.27. The smallest absolute Gasteiger partial charge is 0.0971 e. The van der Waals surface area contributed by atoms with Crippen LogP contribution in [0.3, 0.4) is 0 Å². The predicted octanol–water partition coefficient (Wildman–Crippen LogP) is 1.80. The molecule has 1 saturated carbocycles. The number of nitrogens with zero attached hydrogens (tertiary/aromatic N) is 1. The minimum Gasteiger partial charge on any atom is -0.323 e. The molecule has 1 nitrogen and oxygen atoms in total. The van der Waals surface area contributed by atoms with Crippen LogP contribution in [0.15, 0.2) is 12.2 Å². The summed E-state index contributed by atoms with van der Waals surface area (Å²) in [6.45, 7) is 3.29. The van der Waals surface area contributed by atoms with Crippen LogP contribution in [0.4, 0.5) is 0 Å². The molecule has 0 atom stereocenters. The van der Waals surface area contributed by atoms with Crippen LogP contribution in [-0.2, 0) is 0 Å². The van der Waals surface area contributed by atoms with Crippen molar-refractivity contribution in [2.45, 2.75) is 25.8 Å². The van der Waals surface area contributed by atoms with E-state index in [1.165, 1.54) is 23.9 Å². The standard InChI is InChI=1S/C9H18N/c1-4-5-8-10(2,3)9-6-7-9/h4-5,9H,6-8H2,1-3H3/q+1/b5-4-. The molecule has 1 heteroatoms. The molecule has 0 aliphatic heterocycles. The van der Waals surface area contributed by atoms with Gasteiger partial charge in [0.1, 0.15) is 0 Å². The molecule has 0 aromatic rings. The van der Waals surface area contributed by atoms with Crippen LogP contribution in [0.25, 0.3) is 0 Å². The van der Waals surface area contributed by atoms with Gasteiger partial charge in [-0.05, 0) is 13.0 Å². The average Bonchev–Trinajstić information content (AvgIpc) is 2.64. The van der Waals surface area contributed by atoms with E-state index in [9.17, 15) is 0 Å². The van der Waals surface area contributed by atoms with E-state index in [4.69, 9.17) is 0 Å². The molecule has 58 valence electrons. The van der Waals surface area contributed by atoms with Gasteiger partial charge in [-0.3, -0.25) is 0 Å². The number of rotatable bonds is 3. The van der Waals surface area contributed by atoms with Crippen molar-refractivity contribution < 1.29 is 4.48 Å². The first-order valence-electron chi connectivity index (χ1n) is 4.10. The Hall–Kier alpha value is -0.300. The highest BCUT2D eigenvalue weighted by Crippen LogP contribution is 2.30. The van der Waals surface area contributed by atoms with Gasteiger partial charge < -0.3 is 4.48 Å². The summed E-state index contributed by atoms with van der Waals surface area (Å²) in [5.41, 5.74) is 0. The molecule has 1 aliphatic carbocycles. The zero-order valence-electron chi connectivity index (χ0n) is 7.30. The molecule has 0 bridgehead atoms.